The van der Waals surface area contributed by atoms with Gasteiger partial charge >= 0.3 is 0 Å². The van der Waals surface area contributed by atoms with Crippen LogP contribution in [0.2, 0.25) is 5.15 Å². The van der Waals surface area contributed by atoms with Crippen LogP contribution < -0.4 is 0 Å². The number of rotatable bonds is 1. The minimum absolute atomic E-state index is 0.0140. The molecule has 1 saturated heterocycles. The zero-order valence-corrected chi connectivity index (χ0v) is 12.4. The molecule has 2 heterocycles. The standard InChI is InChI=1S/C15H20ClN3O/c16-13-5-4-12(17-18-13)14(20)19-10-8-15(9-11-19)6-2-1-3-7-15/h4-5H,1-3,6-11H2. The molecular formula is C15H20ClN3O. The largest absolute Gasteiger partial charge is 0.337 e. The smallest absolute Gasteiger partial charge is 0.274 e. The van der Waals surface area contributed by atoms with E-state index in [1.54, 1.807) is 12.1 Å². The van der Waals surface area contributed by atoms with Crippen LogP contribution in [0.5, 0.6) is 0 Å². The molecule has 1 spiro atoms. The lowest BCUT2D eigenvalue weighted by atomic mass is 9.68. The number of carbonyl (C=O) groups is 1. The molecular weight excluding hydrogens is 274 g/mol. The second-order valence-corrected chi connectivity index (χ2v) is 6.48. The van der Waals surface area contributed by atoms with Gasteiger partial charge in [0.25, 0.3) is 5.91 Å². The van der Waals surface area contributed by atoms with E-state index in [2.05, 4.69) is 10.2 Å². The number of hydrogen-bond acceptors (Lipinski definition) is 3. The number of hydrogen-bond donors (Lipinski definition) is 0. The lowest BCUT2D eigenvalue weighted by Gasteiger charge is -2.44. The van der Waals surface area contributed by atoms with Gasteiger partial charge in [-0.15, -0.1) is 10.2 Å². The highest BCUT2D eigenvalue weighted by Crippen LogP contribution is 2.44. The van der Waals surface area contributed by atoms with Crippen molar-refractivity contribution in [1.29, 1.82) is 0 Å². The van der Waals surface area contributed by atoms with Gasteiger partial charge in [0.05, 0.1) is 0 Å². The highest BCUT2D eigenvalue weighted by atomic mass is 35.5. The maximum Gasteiger partial charge on any atom is 0.274 e. The van der Waals surface area contributed by atoms with Crippen LogP contribution in [0.25, 0.3) is 0 Å². The van der Waals surface area contributed by atoms with Crippen LogP contribution in [0.4, 0.5) is 0 Å². The second kappa shape index (κ2) is 5.68. The first-order valence-corrected chi connectivity index (χ1v) is 7.85. The summed E-state index contributed by atoms with van der Waals surface area (Å²) in [5, 5.41) is 7.95. The average Bonchev–Trinajstić information content (AvgIpc) is 2.49. The molecule has 1 aliphatic heterocycles. The van der Waals surface area contributed by atoms with Crippen molar-refractivity contribution in [2.45, 2.75) is 44.9 Å². The number of likely N-dealkylation sites (tertiary alicyclic amines) is 1. The highest BCUT2D eigenvalue weighted by molar-refractivity contribution is 6.29. The van der Waals surface area contributed by atoms with Gasteiger partial charge < -0.3 is 4.90 Å². The van der Waals surface area contributed by atoms with Gasteiger partial charge in [-0.05, 0) is 43.2 Å². The molecule has 5 heteroatoms. The number of halogens is 1. The van der Waals surface area contributed by atoms with Crippen LogP contribution >= 0.6 is 11.6 Å². The van der Waals surface area contributed by atoms with Gasteiger partial charge in [0.1, 0.15) is 0 Å². The fraction of sp³-hybridized carbons (Fsp3) is 0.667. The second-order valence-electron chi connectivity index (χ2n) is 6.09. The Morgan fingerprint density at radius 2 is 1.75 bits per heavy atom. The van der Waals surface area contributed by atoms with Gasteiger partial charge in [-0.2, -0.15) is 0 Å². The minimum Gasteiger partial charge on any atom is -0.337 e. The third kappa shape index (κ3) is 2.80. The van der Waals surface area contributed by atoms with Gasteiger partial charge in [-0.1, -0.05) is 30.9 Å². The fourth-order valence-corrected chi connectivity index (χ4v) is 3.68. The molecule has 0 aromatic carbocycles. The van der Waals surface area contributed by atoms with Crippen molar-refractivity contribution in [3.05, 3.63) is 23.0 Å². The van der Waals surface area contributed by atoms with E-state index in [1.807, 2.05) is 4.90 Å². The van der Waals surface area contributed by atoms with E-state index >= 15 is 0 Å². The summed E-state index contributed by atoms with van der Waals surface area (Å²) in [6.07, 6.45) is 9.06. The Kier molecular flexibility index (Phi) is 3.92. The van der Waals surface area contributed by atoms with Gasteiger partial charge in [-0.25, -0.2) is 0 Å². The van der Waals surface area contributed by atoms with Crippen LogP contribution in [0.15, 0.2) is 12.1 Å². The molecule has 108 valence electrons. The van der Waals surface area contributed by atoms with Crippen LogP contribution in [0.3, 0.4) is 0 Å². The Hall–Kier alpha value is -1.16. The lowest BCUT2D eigenvalue weighted by Crippen LogP contribution is -2.44. The Morgan fingerprint density at radius 1 is 1.05 bits per heavy atom. The molecule has 2 fully saturated rings. The van der Waals surface area contributed by atoms with Crippen molar-refractivity contribution in [2.24, 2.45) is 5.41 Å². The number of nitrogens with zero attached hydrogens (tertiary/aromatic N) is 3. The van der Waals surface area contributed by atoms with Crippen LogP contribution in [-0.4, -0.2) is 34.1 Å². The monoisotopic (exact) mass is 293 g/mol. The van der Waals surface area contributed by atoms with Crippen molar-refractivity contribution < 1.29 is 4.79 Å². The van der Waals surface area contributed by atoms with E-state index < -0.39 is 0 Å². The van der Waals surface area contributed by atoms with Crippen LogP contribution in [-0.2, 0) is 0 Å². The summed E-state index contributed by atoms with van der Waals surface area (Å²) < 4.78 is 0. The van der Waals surface area contributed by atoms with Crippen molar-refractivity contribution in [3.63, 3.8) is 0 Å². The molecule has 0 bridgehead atoms. The van der Waals surface area contributed by atoms with Crippen molar-refractivity contribution in [1.82, 2.24) is 15.1 Å². The lowest BCUT2D eigenvalue weighted by molar-refractivity contribution is 0.0466. The molecule has 0 radical (unpaired) electrons. The first kappa shape index (κ1) is 13.8. The molecule has 1 saturated carbocycles. The molecule has 2 aliphatic rings. The third-order valence-corrected chi connectivity index (χ3v) is 5.08. The highest BCUT2D eigenvalue weighted by Gasteiger charge is 2.36. The maximum atomic E-state index is 12.4. The molecule has 4 nitrogen and oxygen atoms in total. The van der Waals surface area contributed by atoms with Gasteiger partial charge in [0, 0.05) is 13.1 Å². The van der Waals surface area contributed by atoms with Gasteiger partial charge in [0.2, 0.25) is 0 Å². The molecule has 0 unspecified atom stereocenters. The summed E-state index contributed by atoms with van der Waals surface area (Å²) >= 11 is 5.70. The number of aromatic nitrogens is 2. The fourth-order valence-electron chi connectivity index (χ4n) is 3.58. The molecule has 1 amide bonds. The summed E-state index contributed by atoms with van der Waals surface area (Å²) in [4.78, 5) is 14.3. The predicted octanol–water partition coefficient (Wildman–Crippen LogP) is 3.32. The van der Waals surface area contributed by atoms with E-state index in [9.17, 15) is 4.79 Å². The van der Waals surface area contributed by atoms with E-state index in [-0.39, 0.29) is 5.91 Å². The number of amides is 1. The molecule has 1 aromatic heterocycles. The summed E-state index contributed by atoms with van der Waals surface area (Å²) in [6.45, 7) is 1.70. The third-order valence-electron chi connectivity index (χ3n) is 4.88. The topological polar surface area (TPSA) is 46.1 Å². The van der Waals surface area contributed by atoms with E-state index in [4.69, 9.17) is 11.6 Å². The summed E-state index contributed by atoms with van der Waals surface area (Å²) in [6, 6.07) is 3.27. The Morgan fingerprint density at radius 3 is 2.35 bits per heavy atom. The zero-order chi connectivity index (χ0) is 14.0. The first-order chi connectivity index (χ1) is 9.69. The SMILES string of the molecule is O=C(c1ccc(Cl)nn1)N1CCC2(CCCCC2)CC1. The number of carbonyl (C=O) groups excluding carboxylic acids is 1. The zero-order valence-electron chi connectivity index (χ0n) is 11.6. The van der Waals surface area contributed by atoms with Crippen molar-refractivity contribution in [3.8, 4) is 0 Å². The predicted molar refractivity (Wildman–Crippen MR) is 77.7 cm³/mol. The summed E-state index contributed by atoms with van der Waals surface area (Å²) in [5.74, 6) is -0.0140. The van der Waals surface area contributed by atoms with Crippen molar-refractivity contribution >= 4 is 17.5 Å². The number of piperidine rings is 1. The molecule has 1 aromatic rings. The molecule has 3 rings (SSSR count). The van der Waals surface area contributed by atoms with Crippen LogP contribution in [0, 0.1) is 5.41 Å². The molecule has 1 aliphatic carbocycles. The Bertz CT molecular complexity index is 472. The van der Waals surface area contributed by atoms with Gasteiger partial charge in [0.15, 0.2) is 10.8 Å². The van der Waals surface area contributed by atoms with E-state index in [1.165, 1.54) is 32.1 Å². The first-order valence-electron chi connectivity index (χ1n) is 7.47. The Balaban J connectivity index is 1.62. The maximum absolute atomic E-state index is 12.4. The van der Waals surface area contributed by atoms with Crippen LogP contribution in [0.1, 0.15) is 55.4 Å². The van der Waals surface area contributed by atoms with Gasteiger partial charge in [-0.3, -0.25) is 4.79 Å². The normalized spacial score (nSPS) is 21.9. The quantitative estimate of drug-likeness (QED) is 0.798. The van der Waals surface area contributed by atoms with E-state index in [0.29, 0.717) is 16.3 Å². The summed E-state index contributed by atoms with van der Waals surface area (Å²) in [5.41, 5.74) is 0.912. The molecule has 20 heavy (non-hydrogen) atoms. The average molecular weight is 294 g/mol. The van der Waals surface area contributed by atoms with E-state index in [0.717, 1.165) is 25.9 Å². The van der Waals surface area contributed by atoms with Crippen molar-refractivity contribution in [2.75, 3.05) is 13.1 Å². The Labute approximate surface area is 124 Å². The molecule has 0 N–H and O–H groups in total. The summed E-state index contributed by atoms with van der Waals surface area (Å²) in [7, 11) is 0. The molecule has 0 atom stereocenters. The minimum atomic E-state index is -0.0140.